The Balaban J connectivity index is 1.92. The van der Waals surface area contributed by atoms with E-state index in [9.17, 15) is 0 Å². The standard InChI is InChI=1S/C22H31NO4/c1-3-24-12-14-26-21-11-10-20(22(16-21)27-15-13-25-4-2)18-23-17-19-8-6-5-7-9-19/h5-11,16,23H,3-4,12-15,17-18H2,1-2H3. The number of nitrogens with one attached hydrogen (secondary N) is 1. The van der Waals surface area contributed by atoms with Crippen LogP contribution in [0.2, 0.25) is 0 Å². The predicted octanol–water partition coefficient (Wildman–Crippen LogP) is 3.81. The van der Waals surface area contributed by atoms with Crippen molar-refractivity contribution < 1.29 is 18.9 Å². The first kappa shape index (κ1) is 21.2. The molecule has 0 aromatic heterocycles. The van der Waals surface area contributed by atoms with Crippen molar-refractivity contribution in [1.29, 1.82) is 0 Å². The van der Waals surface area contributed by atoms with E-state index in [0.29, 0.717) is 39.6 Å². The summed E-state index contributed by atoms with van der Waals surface area (Å²) in [6.45, 7) is 9.06. The lowest BCUT2D eigenvalue weighted by molar-refractivity contribution is 0.107. The molecule has 0 bridgehead atoms. The van der Waals surface area contributed by atoms with E-state index in [-0.39, 0.29) is 0 Å². The maximum absolute atomic E-state index is 5.93. The second kappa shape index (κ2) is 13.1. The van der Waals surface area contributed by atoms with E-state index in [1.54, 1.807) is 0 Å². The summed E-state index contributed by atoms with van der Waals surface area (Å²) >= 11 is 0. The third-order valence-electron chi connectivity index (χ3n) is 3.92. The first-order chi connectivity index (χ1) is 13.3. The van der Waals surface area contributed by atoms with Crippen LogP contribution in [0.4, 0.5) is 0 Å². The fourth-order valence-corrected chi connectivity index (χ4v) is 2.56. The molecule has 0 saturated carbocycles. The lowest BCUT2D eigenvalue weighted by Crippen LogP contribution is -2.15. The smallest absolute Gasteiger partial charge is 0.127 e. The highest BCUT2D eigenvalue weighted by atomic mass is 16.5. The molecule has 2 aromatic carbocycles. The molecule has 0 aliphatic rings. The highest BCUT2D eigenvalue weighted by Gasteiger charge is 2.07. The van der Waals surface area contributed by atoms with Crippen LogP contribution in [0.3, 0.4) is 0 Å². The molecule has 5 nitrogen and oxygen atoms in total. The maximum Gasteiger partial charge on any atom is 0.127 e. The van der Waals surface area contributed by atoms with E-state index in [4.69, 9.17) is 18.9 Å². The fourth-order valence-electron chi connectivity index (χ4n) is 2.56. The Bertz CT molecular complexity index is 633. The van der Waals surface area contributed by atoms with Gasteiger partial charge in [-0.3, -0.25) is 0 Å². The lowest BCUT2D eigenvalue weighted by Gasteiger charge is -2.15. The Morgan fingerprint density at radius 3 is 2.15 bits per heavy atom. The summed E-state index contributed by atoms with van der Waals surface area (Å²) in [4.78, 5) is 0. The van der Waals surface area contributed by atoms with Crippen LogP contribution >= 0.6 is 0 Å². The average Bonchev–Trinajstić information content (AvgIpc) is 2.71. The van der Waals surface area contributed by atoms with Crippen molar-refractivity contribution in [2.45, 2.75) is 26.9 Å². The summed E-state index contributed by atoms with van der Waals surface area (Å²) in [5.41, 5.74) is 2.35. The molecule has 0 aliphatic heterocycles. The molecule has 148 valence electrons. The van der Waals surface area contributed by atoms with Crippen molar-refractivity contribution in [2.75, 3.05) is 39.6 Å². The van der Waals surface area contributed by atoms with Gasteiger partial charge >= 0.3 is 0 Å². The van der Waals surface area contributed by atoms with Crippen molar-refractivity contribution in [2.24, 2.45) is 0 Å². The van der Waals surface area contributed by atoms with Gasteiger partial charge in [0, 0.05) is 37.9 Å². The zero-order chi connectivity index (χ0) is 19.2. The normalized spacial score (nSPS) is 10.7. The quantitative estimate of drug-likeness (QED) is 0.510. The number of hydrogen-bond acceptors (Lipinski definition) is 5. The van der Waals surface area contributed by atoms with E-state index in [0.717, 1.165) is 30.2 Å². The third kappa shape index (κ3) is 8.43. The Labute approximate surface area is 162 Å². The van der Waals surface area contributed by atoms with Gasteiger partial charge < -0.3 is 24.3 Å². The van der Waals surface area contributed by atoms with E-state index in [2.05, 4.69) is 17.4 Å². The van der Waals surface area contributed by atoms with Gasteiger partial charge in [-0.2, -0.15) is 0 Å². The lowest BCUT2D eigenvalue weighted by atomic mass is 10.1. The molecule has 1 N–H and O–H groups in total. The van der Waals surface area contributed by atoms with Crippen LogP contribution in [0, 0.1) is 0 Å². The first-order valence-electron chi connectivity index (χ1n) is 9.62. The molecule has 0 amide bonds. The summed E-state index contributed by atoms with van der Waals surface area (Å²) in [6.07, 6.45) is 0. The SMILES string of the molecule is CCOCCOc1ccc(CNCc2ccccc2)c(OCCOCC)c1. The number of hydrogen-bond donors (Lipinski definition) is 1. The van der Waals surface area contributed by atoms with E-state index < -0.39 is 0 Å². The zero-order valence-corrected chi connectivity index (χ0v) is 16.4. The molecule has 2 rings (SSSR count). The molecule has 0 spiro atoms. The molecule has 0 saturated heterocycles. The van der Waals surface area contributed by atoms with Gasteiger partial charge in [0.25, 0.3) is 0 Å². The maximum atomic E-state index is 5.93. The van der Waals surface area contributed by atoms with Gasteiger partial charge in [0.05, 0.1) is 13.2 Å². The van der Waals surface area contributed by atoms with E-state index in [1.807, 2.05) is 50.2 Å². The monoisotopic (exact) mass is 373 g/mol. The molecule has 0 unspecified atom stereocenters. The number of ether oxygens (including phenoxy) is 4. The minimum atomic E-state index is 0.516. The Morgan fingerprint density at radius 1 is 0.741 bits per heavy atom. The molecule has 27 heavy (non-hydrogen) atoms. The molecule has 0 atom stereocenters. The zero-order valence-electron chi connectivity index (χ0n) is 16.4. The van der Waals surface area contributed by atoms with Gasteiger partial charge in [0.2, 0.25) is 0 Å². The van der Waals surface area contributed by atoms with E-state index in [1.165, 1.54) is 5.56 Å². The van der Waals surface area contributed by atoms with Crippen molar-refractivity contribution in [3.63, 3.8) is 0 Å². The third-order valence-corrected chi connectivity index (χ3v) is 3.92. The van der Waals surface area contributed by atoms with Crippen molar-refractivity contribution in [1.82, 2.24) is 5.32 Å². The summed E-state index contributed by atoms with van der Waals surface area (Å²) in [7, 11) is 0. The highest BCUT2D eigenvalue weighted by molar-refractivity contribution is 5.40. The second-order valence-corrected chi connectivity index (χ2v) is 5.95. The fraction of sp³-hybridized carbons (Fsp3) is 0.455. The Kier molecular flexibility index (Phi) is 10.3. The van der Waals surface area contributed by atoms with Gasteiger partial charge in [-0.1, -0.05) is 36.4 Å². The van der Waals surface area contributed by atoms with Crippen LogP contribution in [0.15, 0.2) is 48.5 Å². The Hall–Kier alpha value is -2.08. The highest BCUT2D eigenvalue weighted by Crippen LogP contribution is 2.25. The van der Waals surface area contributed by atoms with Gasteiger partial charge in [-0.05, 0) is 25.5 Å². The minimum absolute atomic E-state index is 0.516. The number of rotatable bonds is 14. The van der Waals surface area contributed by atoms with Crippen LogP contribution in [-0.4, -0.2) is 39.6 Å². The number of benzene rings is 2. The minimum Gasteiger partial charge on any atom is -0.491 e. The second-order valence-electron chi connectivity index (χ2n) is 5.95. The van der Waals surface area contributed by atoms with Crippen LogP contribution in [0.5, 0.6) is 11.5 Å². The van der Waals surface area contributed by atoms with Crippen LogP contribution < -0.4 is 14.8 Å². The van der Waals surface area contributed by atoms with Crippen molar-refractivity contribution in [3.05, 3.63) is 59.7 Å². The summed E-state index contributed by atoms with van der Waals surface area (Å²) < 4.78 is 22.4. The van der Waals surface area contributed by atoms with Gasteiger partial charge in [0.15, 0.2) is 0 Å². The molecule has 0 aliphatic carbocycles. The van der Waals surface area contributed by atoms with Gasteiger partial charge in [-0.15, -0.1) is 0 Å². The molecule has 0 fully saturated rings. The van der Waals surface area contributed by atoms with Crippen LogP contribution in [0.25, 0.3) is 0 Å². The van der Waals surface area contributed by atoms with Crippen LogP contribution in [-0.2, 0) is 22.6 Å². The molecular weight excluding hydrogens is 342 g/mol. The largest absolute Gasteiger partial charge is 0.491 e. The summed E-state index contributed by atoms with van der Waals surface area (Å²) in [6, 6.07) is 16.3. The van der Waals surface area contributed by atoms with E-state index >= 15 is 0 Å². The van der Waals surface area contributed by atoms with Crippen molar-refractivity contribution in [3.8, 4) is 11.5 Å². The first-order valence-corrected chi connectivity index (χ1v) is 9.62. The van der Waals surface area contributed by atoms with Crippen LogP contribution in [0.1, 0.15) is 25.0 Å². The molecule has 5 heteroatoms. The van der Waals surface area contributed by atoms with Gasteiger partial charge in [0.1, 0.15) is 24.7 Å². The predicted molar refractivity (Wildman–Crippen MR) is 107 cm³/mol. The van der Waals surface area contributed by atoms with Gasteiger partial charge in [-0.25, -0.2) is 0 Å². The molecule has 0 heterocycles. The van der Waals surface area contributed by atoms with Crippen molar-refractivity contribution >= 4 is 0 Å². The Morgan fingerprint density at radius 2 is 1.44 bits per heavy atom. The summed E-state index contributed by atoms with van der Waals surface area (Å²) in [5, 5.41) is 3.47. The molecule has 2 aromatic rings. The topological polar surface area (TPSA) is 49.0 Å². The average molecular weight is 373 g/mol. The summed E-state index contributed by atoms with van der Waals surface area (Å²) in [5.74, 6) is 1.61. The molecular formula is C22H31NO4. The molecule has 0 radical (unpaired) electrons.